The first-order valence-corrected chi connectivity index (χ1v) is 8.22. The molecule has 0 aliphatic carbocycles. The molecule has 0 bridgehead atoms. The molecule has 142 valence electrons. The molecule has 1 unspecified atom stereocenters. The Morgan fingerprint density at radius 3 is 2.71 bits per heavy atom. The molecule has 0 saturated heterocycles. The van der Waals surface area contributed by atoms with Crippen LogP contribution in [0, 0.1) is 5.82 Å². The summed E-state index contributed by atoms with van der Waals surface area (Å²) in [5, 5.41) is 23.4. The van der Waals surface area contributed by atoms with Crippen LogP contribution in [0.3, 0.4) is 0 Å². The zero-order chi connectivity index (χ0) is 19.7. The first-order valence-electron chi connectivity index (χ1n) is 8.22. The topological polar surface area (TPSA) is 127 Å². The fourth-order valence-electron chi connectivity index (χ4n) is 2.92. The Bertz CT molecular complexity index is 1090. The van der Waals surface area contributed by atoms with Gasteiger partial charge in [-0.2, -0.15) is 0 Å². The molecule has 28 heavy (non-hydrogen) atoms. The molecule has 1 aromatic heterocycles. The number of nitrogens with zero attached hydrogens (tertiary/aromatic N) is 3. The molecule has 0 radical (unpaired) electrons. The molecule has 1 amide bonds. The maximum absolute atomic E-state index is 13.1. The van der Waals surface area contributed by atoms with Gasteiger partial charge in [-0.1, -0.05) is 23.4 Å². The van der Waals surface area contributed by atoms with Crippen molar-refractivity contribution in [2.75, 3.05) is 5.32 Å². The Labute approximate surface area is 156 Å². The maximum Gasteiger partial charge on any atom is 0.351 e. The second-order valence-electron chi connectivity index (χ2n) is 6.27. The number of hydrogen-bond donors (Lipinski definition) is 2. The van der Waals surface area contributed by atoms with Crippen LogP contribution in [0.25, 0.3) is 11.0 Å². The Morgan fingerprint density at radius 2 is 1.96 bits per heavy atom. The quantitative estimate of drug-likeness (QED) is 0.691. The first-order chi connectivity index (χ1) is 13.5. The van der Waals surface area contributed by atoms with Gasteiger partial charge < -0.3 is 15.3 Å². The smallest absolute Gasteiger partial charge is 0.351 e. The lowest BCUT2D eigenvalue weighted by Gasteiger charge is -2.21. The largest absolute Gasteiger partial charge is 0.478 e. The minimum atomic E-state index is -1.86. The highest BCUT2D eigenvalue weighted by atomic mass is 19.1. The second-order valence-corrected chi connectivity index (χ2v) is 6.27. The molecule has 2 aromatic carbocycles. The third-order valence-electron chi connectivity index (χ3n) is 4.36. The Morgan fingerprint density at radius 1 is 1.18 bits per heavy atom. The summed E-state index contributed by atoms with van der Waals surface area (Å²) in [4.78, 5) is 29.5. The van der Waals surface area contributed by atoms with Crippen molar-refractivity contribution in [1.29, 1.82) is 0 Å². The zero-order valence-corrected chi connectivity index (χ0v) is 14.3. The number of hydrogen-bond acceptors (Lipinski definition) is 7. The molecule has 3 aromatic rings. The second kappa shape index (κ2) is 6.72. The third kappa shape index (κ3) is 3.15. The van der Waals surface area contributed by atoms with Crippen LogP contribution in [-0.4, -0.2) is 38.6 Å². The number of oxime groups is 1. The number of fused-ring (bicyclic) bond motifs is 1. The number of carbonyl (C=O) groups excluding carboxylic acids is 1. The van der Waals surface area contributed by atoms with E-state index in [1.807, 2.05) is 0 Å². The third-order valence-corrected chi connectivity index (χ3v) is 4.36. The van der Waals surface area contributed by atoms with Gasteiger partial charge in [0.15, 0.2) is 5.52 Å². The Balaban J connectivity index is 1.51. The van der Waals surface area contributed by atoms with Crippen LogP contribution in [0.4, 0.5) is 10.1 Å². The Hall–Kier alpha value is -3.82. The summed E-state index contributed by atoms with van der Waals surface area (Å²) in [5.74, 6) is -2.36. The van der Waals surface area contributed by atoms with E-state index in [4.69, 9.17) is 4.84 Å². The summed E-state index contributed by atoms with van der Waals surface area (Å²) in [6.07, 6.45) is -0.630. The number of aliphatic carboxylic acids is 1. The molecule has 9 nitrogen and oxygen atoms in total. The van der Waals surface area contributed by atoms with Crippen LogP contribution < -0.4 is 5.32 Å². The van der Waals surface area contributed by atoms with E-state index in [2.05, 4.69) is 25.4 Å². The lowest BCUT2D eigenvalue weighted by atomic mass is 9.90. The Kier molecular flexibility index (Phi) is 4.22. The number of halogens is 1. The van der Waals surface area contributed by atoms with E-state index in [0.29, 0.717) is 28.0 Å². The summed E-state index contributed by atoms with van der Waals surface area (Å²) in [5.41, 5.74) is 0.105. The lowest BCUT2D eigenvalue weighted by molar-refractivity contribution is -0.165. The summed E-state index contributed by atoms with van der Waals surface area (Å²) in [6.45, 7) is 0. The van der Waals surface area contributed by atoms with Crippen molar-refractivity contribution in [2.45, 2.75) is 18.4 Å². The van der Waals surface area contributed by atoms with Gasteiger partial charge in [-0.25, -0.2) is 13.8 Å². The van der Waals surface area contributed by atoms with Crippen LogP contribution in [0.2, 0.25) is 0 Å². The van der Waals surface area contributed by atoms with Crippen molar-refractivity contribution in [2.24, 2.45) is 5.16 Å². The molecule has 2 N–H and O–H groups in total. The molecule has 2 heterocycles. The number of rotatable bonds is 5. The average Bonchev–Trinajstić information content (AvgIpc) is 3.31. The molecule has 1 atom stereocenters. The van der Waals surface area contributed by atoms with Crippen LogP contribution in [-0.2, 0) is 14.4 Å². The number of benzene rings is 2. The number of carboxylic acid groups (broad SMARTS) is 1. The lowest BCUT2D eigenvalue weighted by Crippen LogP contribution is -2.42. The van der Waals surface area contributed by atoms with Gasteiger partial charge in [0.1, 0.15) is 11.3 Å². The molecular weight excluding hydrogens is 371 g/mol. The molecule has 4 rings (SSSR count). The fourth-order valence-corrected chi connectivity index (χ4v) is 2.92. The monoisotopic (exact) mass is 384 g/mol. The van der Waals surface area contributed by atoms with Gasteiger partial charge in [0, 0.05) is 6.42 Å². The molecule has 10 heteroatoms. The highest BCUT2D eigenvalue weighted by Crippen LogP contribution is 2.31. The first kappa shape index (κ1) is 17.6. The highest BCUT2D eigenvalue weighted by Gasteiger charge is 2.49. The fraction of sp³-hybridized carbons (Fsp3) is 0.167. The van der Waals surface area contributed by atoms with Crippen molar-refractivity contribution in [3.05, 3.63) is 53.8 Å². The number of nitrogens with one attached hydrogen (secondary N) is 1. The summed E-state index contributed by atoms with van der Waals surface area (Å²) < 4.78 is 17.7. The molecule has 0 spiro atoms. The number of amides is 1. The van der Waals surface area contributed by atoms with E-state index in [0.717, 1.165) is 0 Å². The van der Waals surface area contributed by atoms with E-state index in [1.54, 1.807) is 18.2 Å². The van der Waals surface area contributed by atoms with Crippen molar-refractivity contribution in [3.63, 3.8) is 0 Å². The van der Waals surface area contributed by atoms with Crippen LogP contribution in [0.5, 0.6) is 0 Å². The molecule has 0 fully saturated rings. The van der Waals surface area contributed by atoms with Gasteiger partial charge in [0.05, 0.1) is 17.8 Å². The van der Waals surface area contributed by atoms with E-state index in [-0.39, 0.29) is 6.42 Å². The van der Waals surface area contributed by atoms with Crippen molar-refractivity contribution in [3.8, 4) is 0 Å². The van der Waals surface area contributed by atoms with Gasteiger partial charge in [0.25, 0.3) is 0 Å². The van der Waals surface area contributed by atoms with E-state index in [9.17, 15) is 19.1 Å². The van der Waals surface area contributed by atoms with Gasteiger partial charge in [0.2, 0.25) is 11.5 Å². The number of carbonyl (C=O) groups is 2. The number of aromatic nitrogens is 2. The van der Waals surface area contributed by atoms with Gasteiger partial charge >= 0.3 is 5.97 Å². The molecule has 0 saturated carbocycles. The van der Waals surface area contributed by atoms with Gasteiger partial charge in [-0.05, 0) is 40.1 Å². The molecule has 1 aliphatic heterocycles. The highest BCUT2D eigenvalue weighted by molar-refractivity contribution is 6.07. The minimum absolute atomic E-state index is 0.142. The van der Waals surface area contributed by atoms with Crippen LogP contribution >= 0.6 is 0 Å². The van der Waals surface area contributed by atoms with Crippen LogP contribution in [0.15, 0.2) is 52.2 Å². The van der Waals surface area contributed by atoms with E-state index in [1.165, 1.54) is 24.3 Å². The van der Waals surface area contributed by atoms with E-state index < -0.39 is 29.7 Å². The predicted molar refractivity (Wildman–Crippen MR) is 94.1 cm³/mol. The van der Waals surface area contributed by atoms with Crippen molar-refractivity contribution >= 4 is 34.3 Å². The zero-order valence-electron chi connectivity index (χ0n) is 14.3. The predicted octanol–water partition coefficient (Wildman–Crippen LogP) is 2.34. The summed E-state index contributed by atoms with van der Waals surface area (Å²) >= 11 is 0. The normalized spacial score (nSPS) is 18.5. The summed E-state index contributed by atoms with van der Waals surface area (Å²) in [7, 11) is 0. The SMILES string of the molecule is O=C(CC1(C(=O)O)CC(c2ccc(F)cc2)=NO1)Nc1cccc2nonc12. The van der Waals surface area contributed by atoms with Gasteiger partial charge in [-0.3, -0.25) is 4.79 Å². The number of carboxylic acids is 1. The summed E-state index contributed by atoms with van der Waals surface area (Å²) in [6, 6.07) is 10.3. The van der Waals surface area contributed by atoms with Gasteiger partial charge in [-0.15, -0.1) is 0 Å². The standard InChI is InChI=1S/C18H13FN4O5/c19-11-6-4-10(5-7-11)14-8-18(17(25)26,27-21-14)9-15(24)20-12-2-1-3-13-16(12)23-28-22-13/h1-7H,8-9H2,(H,20,24)(H,25,26). The van der Waals surface area contributed by atoms with E-state index >= 15 is 0 Å². The maximum atomic E-state index is 13.1. The molecular formula is C18H13FN4O5. The minimum Gasteiger partial charge on any atom is -0.478 e. The number of anilines is 1. The van der Waals surface area contributed by atoms with Crippen molar-refractivity contribution in [1.82, 2.24) is 10.3 Å². The molecule has 1 aliphatic rings. The average molecular weight is 384 g/mol. The van der Waals surface area contributed by atoms with Crippen LogP contribution in [0.1, 0.15) is 18.4 Å². The van der Waals surface area contributed by atoms with Crippen molar-refractivity contribution < 1.29 is 28.6 Å².